The van der Waals surface area contributed by atoms with E-state index in [2.05, 4.69) is 36.8 Å². The number of aromatic nitrogens is 1. The van der Waals surface area contributed by atoms with Crippen LogP contribution in [0.15, 0.2) is 21.2 Å². The summed E-state index contributed by atoms with van der Waals surface area (Å²) in [6.45, 7) is 3.60. The van der Waals surface area contributed by atoms with Crippen molar-refractivity contribution >= 4 is 37.8 Å². The van der Waals surface area contributed by atoms with E-state index in [1.54, 1.807) is 20.0 Å². The van der Waals surface area contributed by atoms with Crippen molar-refractivity contribution in [2.24, 2.45) is 5.73 Å². The Hall–Kier alpha value is -0.460. The molecule has 1 heterocycles. The Morgan fingerprint density at radius 2 is 2.18 bits per heavy atom. The fourth-order valence-electron chi connectivity index (χ4n) is 1.57. The van der Waals surface area contributed by atoms with Crippen LogP contribution in [0.2, 0.25) is 0 Å². The minimum atomic E-state index is -0.884. The molecule has 0 aliphatic heterocycles. The first kappa shape index (κ1) is 14.6. The van der Waals surface area contributed by atoms with Crippen LogP contribution < -0.4 is 5.73 Å². The Morgan fingerprint density at radius 1 is 1.59 bits per heavy atom. The van der Waals surface area contributed by atoms with Crippen LogP contribution in [0.5, 0.6) is 0 Å². The Labute approximate surface area is 117 Å². The largest absolute Gasteiger partial charge is 0.481 e. The van der Waals surface area contributed by atoms with Crippen molar-refractivity contribution in [2.45, 2.75) is 31.7 Å². The number of rotatable bonds is 4. The van der Waals surface area contributed by atoms with E-state index in [1.807, 2.05) is 6.07 Å². The smallest absolute Gasteiger partial charge is 0.304 e. The zero-order valence-electron chi connectivity index (χ0n) is 9.58. The van der Waals surface area contributed by atoms with Crippen LogP contribution in [0.3, 0.4) is 0 Å². The SMILES string of the molecule is CC(C)(N)C(CC(=O)O)c1ncc(Br)cc1Br. The van der Waals surface area contributed by atoms with Crippen LogP contribution in [0.1, 0.15) is 31.9 Å². The molecule has 17 heavy (non-hydrogen) atoms. The molecule has 0 saturated carbocycles. The van der Waals surface area contributed by atoms with Gasteiger partial charge in [-0.3, -0.25) is 9.78 Å². The van der Waals surface area contributed by atoms with Crippen molar-refractivity contribution in [3.05, 3.63) is 26.9 Å². The van der Waals surface area contributed by atoms with Crippen LogP contribution in [0.25, 0.3) is 0 Å². The lowest BCUT2D eigenvalue weighted by Crippen LogP contribution is -2.40. The van der Waals surface area contributed by atoms with Gasteiger partial charge in [0.05, 0.1) is 12.1 Å². The number of pyridine rings is 1. The summed E-state index contributed by atoms with van der Waals surface area (Å²) in [6, 6.07) is 1.84. The van der Waals surface area contributed by atoms with Gasteiger partial charge < -0.3 is 10.8 Å². The van der Waals surface area contributed by atoms with Crippen molar-refractivity contribution in [3.63, 3.8) is 0 Å². The predicted octanol–water partition coefficient (Wildman–Crippen LogP) is 2.90. The molecule has 0 aliphatic rings. The second-order valence-corrected chi connectivity index (χ2v) is 6.26. The van der Waals surface area contributed by atoms with Gasteiger partial charge in [-0.05, 0) is 51.8 Å². The molecule has 1 aromatic heterocycles. The van der Waals surface area contributed by atoms with E-state index in [9.17, 15) is 4.79 Å². The third-order valence-electron chi connectivity index (χ3n) is 2.44. The second-order valence-electron chi connectivity index (χ2n) is 4.49. The number of carboxylic acids is 1. The second kappa shape index (κ2) is 5.46. The van der Waals surface area contributed by atoms with Crippen LogP contribution in [-0.2, 0) is 4.79 Å². The molecule has 6 heteroatoms. The van der Waals surface area contributed by atoms with Gasteiger partial charge in [0.1, 0.15) is 0 Å². The minimum absolute atomic E-state index is 0.0449. The van der Waals surface area contributed by atoms with Gasteiger partial charge in [-0.1, -0.05) is 0 Å². The molecule has 1 atom stereocenters. The lowest BCUT2D eigenvalue weighted by molar-refractivity contribution is -0.137. The van der Waals surface area contributed by atoms with E-state index in [0.29, 0.717) is 5.69 Å². The highest BCUT2D eigenvalue weighted by Crippen LogP contribution is 2.34. The van der Waals surface area contributed by atoms with Crippen molar-refractivity contribution in [3.8, 4) is 0 Å². The van der Waals surface area contributed by atoms with Crippen molar-refractivity contribution in [1.29, 1.82) is 0 Å². The predicted molar refractivity (Wildman–Crippen MR) is 72.9 cm³/mol. The van der Waals surface area contributed by atoms with Gasteiger partial charge in [0, 0.05) is 26.6 Å². The maximum Gasteiger partial charge on any atom is 0.304 e. The van der Waals surface area contributed by atoms with E-state index in [0.717, 1.165) is 8.95 Å². The van der Waals surface area contributed by atoms with Gasteiger partial charge in [-0.15, -0.1) is 0 Å². The first-order chi connectivity index (χ1) is 7.71. The number of nitrogens with two attached hydrogens (primary N) is 1. The molecule has 0 radical (unpaired) electrons. The van der Waals surface area contributed by atoms with Crippen LogP contribution in [0.4, 0.5) is 0 Å². The molecule has 1 unspecified atom stereocenters. The summed E-state index contributed by atoms with van der Waals surface area (Å²) in [4.78, 5) is 15.2. The average Bonchev–Trinajstić information content (AvgIpc) is 2.13. The minimum Gasteiger partial charge on any atom is -0.481 e. The molecular weight excluding hydrogens is 352 g/mol. The van der Waals surface area contributed by atoms with Crippen molar-refractivity contribution < 1.29 is 9.90 Å². The molecule has 3 N–H and O–H groups in total. The Balaban J connectivity index is 3.17. The summed E-state index contributed by atoms with van der Waals surface area (Å²) in [5.41, 5.74) is 6.05. The highest BCUT2D eigenvalue weighted by molar-refractivity contribution is 9.11. The first-order valence-corrected chi connectivity index (χ1v) is 6.62. The van der Waals surface area contributed by atoms with E-state index in [4.69, 9.17) is 10.8 Å². The maximum absolute atomic E-state index is 10.9. The molecular formula is C11H14Br2N2O2. The standard InChI is InChI=1S/C11H14Br2N2O2/c1-11(2,14)7(4-9(16)17)10-8(13)3-6(12)5-15-10/h3,5,7H,4,14H2,1-2H3,(H,16,17). The molecule has 1 rings (SSSR count). The molecule has 0 aliphatic carbocycles. The van der Waals surface area contributed by atoms with Gasteiger partial charge in [0.25, 0.3) is 0 Å². The maximum atomic E-state index is 10.9. The van der Waals surface area contributed by atoms with Gasteiger partial charge in [-0.25, -0.2) is 0 Å². The van der Waals surface area contributed by atoms with Gasteiger partial charge in [0.15, 0.2) is 0 Å². The van der Waals surface area contributed by atoms with Gasteiger partial charge in [-0.2, -0.15) is 0 Å². The number of hydrogen-bond acceptors (Lipinski definition) is 3. The van der Waals surface area contributed by atoms with Crippen LogP contribution in [0, 0.1) is 0 Å². The fraction of sp³-hybridized carbons (Fsp3) is 0.455. The number of aliphatic carboxylic acids is 1. The highest BCUT2D eigenvalue weighted by atomic mass is 79.9. The number of halogens is 2. The summed E-state index contributed by atoms with van der Waals surface area (Å²) in [6.07, 6.45) is 1.59. The summed E-state index contributed by atoms with van der Waals surface area (Å²) >= 11 is 6.70. The fourth-order valence-corrected chi connectivity index (χ4v) is 2.83. The van der Waals surface area contributed by atoms with Crippen molar-refractivity contribution in [2.75, 3.05) is 0 Å². The third kappa shape index (κ3) is 4.04. The first-order valence-electron chi connectivity index (χ1n) is 5.03. The summed E-state index contributed by atoms with van der Waals surface area (Å²) in [5.74, 6) is -1.23. The van der Waals surface area contributed by atoms with E-state index in [1.165, 1.54) is 0 Å². The molecule has 0 fully saturated rings. The highest BCUT2D eigenvalue weighted by Gasteiger charge is 2.31. The molecule has 0 amide bonds. The summed E-state index contributed by atoms with van der Waals surface area (Å²) in [5, 5.41) is 8.95. The average molecular weight is 366 g/mol. The Bertz CT molecular complexity index is 430. The lowest BCUT2D eigenvalue weighted by atomic mass is 9.83. The molecule has 0 spiro atoms. The van der Waals surface area contributed by atoms with Crippen LogP contribution >= 0.6 is 31.9 Å². The molecule has 4 nitrogen and oxygen atoms in total. The summed E-state index contributed by atoms with van der Waals surface area (Å²) < 4.78 is 1.59. The van der Waals surface area contributed by atoms with E-state index in [-0.39, 0.29) is 12.3 Å². The van der Waals surface area contributed by atoms with E-state index >= 15 is 0 Å². The normalized spacial score (nSPS) is 13.5. The number of carbonyl (C=O) groups is 1. The molecule has 0 bridgehead atoms. The molecule has 0 aromatic carbocycles. The van der Waals surface area contributed by atoms with Crippen LogP contribution in [-0.4, -0.2) is 21.6 Å². The number of nitrogens with zero attached hydrogens (tertiary/aromatic N) is 1. The molecule has 0 saturated heterocycles. The number of hydrogen-bond donors (Lipinski definition) is 2. The monoisotopic (exact) mass is 364 g/mol. The Kier molecular flexibility index (Phi) is 4.69. The lowest BCUT2D eigenvalue weighted by Gasteiger charge is -2.29. The molecule has 94 valence electrons. The van der Waals surface area contributed by atoms with Crippen molar-refractivity contribution in [1.82, 2.24) is 4.98 Å². The zero-order valence-corrected chi connectivity index (χ0v) is 12.7. The summed E-state index contributed by atoms with van der Waals surface area (Å²) in [7, 11) is 0. The molecule has 1 aromatic rings. The van der Waals surface area contributed by atoms with Gasteiger partial charge in [0.2, 0.25) is 0 Å². The van der Waals surface area contributed by atoms with Gasteiger partial charge >= 0.3 is 5.97 Å². The topological polar surface area (TPSA) is 76.2 Å². The Morgan fingerprint density at radius 3 is 2.59 bits per heavy atom. The zero-order chi connectivity index (χ0) is 13.2. The quantitative estimate of drug-likeness (QED) is 0.860. The van der Waals surface area contributed by atoms with E-state index < -0.39 is 11.5 Å². The third-order valence-corrected chi connectivity index (χ3v) is 3.51. The number of carboxylic acid groups (broad SMARTS) is 1.